The lowest BCUT2D eigenvalue weighted by molar-refractivity contribution is 0.0875. The molecule has 1 atom stereocenters. The van der Waals surface area contributed by atoms with Gasteiger partial charge in [0.2, 0.25) is 0 Å². The summed E-state index contributed by atoms with van der Waals surface area (Å²) in [6, 6.07) is 0.514. The zero-order chi connectivity index (χ0) is 12.8. The second kappa shape index (κ2) is 6.95. The number of carbonyl (C=O) groups excluding carboxylic acids is 1. The van der Waals surface area contributed by atoms with Crippen LogP contribution in [0.2, 0.25) is 0 Å². The lowest BCUT2D eigenvalue weighted by atomic mass is 10.1. The first-order valence-corrected chi connectivity index (χ1v) is 7.06. The quantitative estimate of drug-likeness (QED) is 0.825. The van der Waals surface area contributed by atoms with Crippen molar-refractivity contribution in [2.75, 3.05) is 32.8 Å². The van der Waals surface area contributed by atoms with Crippen LogP contribution < -0.4 is 5.32 Å². The number of hydrogen-bond donors (Lipinski definition) is 1. The van der Waals surface area contributed by atoms with Gasteiger partial charge in [-0.2, -0.15) is 0 Å². The lowest BCUT2D eigenvalue weighted by Gasteiger charge is -2.32. The largest absolute Gasteiger partial charge is 0.450 e. The van der Waals surface area contributed by atoms with E-state index >= 15 is 0 Å². The molecule has 104 valence electrons. The fourth-order valence-corrected chi connectivity index (χ4v) is 2.58. The van der Waals surface area contributed by atoms with Crippen molar-refractivity contribution in [3.05, 3.63) is 0 Å². The molecule has 0 aromatic heterocycles. The molecular formula is C13H24N2O3. The molecule has 0 aromatic carbocycles. The van der Waals surface area contributed by atoms with E-state index in [-0.39, 0.29) is 6.09 Å². The van der Waals surface area contributed by atoms with Crippen molar-refractivity contribution in [3.8, 4) is 0 Å². The summed E-state index contributed by atoms with van der Waals surface area (Å²) in [6.45, 7) is 5.74. The van der Waals surface area contributed by atoms with E-state index in [1.54, 1.807) is 4.90 Å². The Labute approximate surface area is 109 Å². The molecule has 0 radical (unpaired) electrons. The van der Waals surface area contributed by atoms with Gasteiger partial charge in [0, 0.05) is 32.3 Å². The number of ether oxygens (including phenoxy) is 2. The number of piperidine rings is 1. The van der Waals surface area contributed by atoms with Crippen LogP contribution in [0, 0.1) is 0 Å². The number of rotatable bonds is 4. The van der Waals surface area contributed by atoms with Gasteiger partial charge in [0.1, 0.15) is 0 Å². The van der Waals surface area contributed by atoms with Gasteiger partial charge in [0.15, 0.2) is 0 Å². The summed E-state index contributed by atoms with van der Waals surface area (Å²) in [7, 11) is 0. The predicted octanol–water partition coefficient (Wildman–Crippen LogP) is 1.38. The number of nitrogens with zero attached hydrogens (tertiary/aromatic N) is 1. The first-order chi connectivity index (χ1) is 8.79. The van der Waals surface area contributed by atoms with Crippen molar-refractivity contribution >= 4 is 6.09 Å². The van der Waals surface area contributed by atoms with Gasteiger partial charge in [-0.15, -0.1) is 0 Å². The Kier molecular flexibility index (Phi) is 5.26. The third-order valence-corrected chi connectivity index (χ3v) is 3.68. The van der Waals surface area contributed by atoms with Crippen LogP contribution in [-0.2, 0) is 9.47 Å². The molecule has 0 spiro atoms. The molecule has 1 amide bonds. The van der Waals surface area contributed by atoms with Crippen LogP contribution in [0.5, 0.6) is 0 Å². The number of nitrogens with one attached hydrogen (secondary N) is 1. The molecule has 5 heteroatoms. The highest BCUT2D eigenvalue weighted by Gasteiger charge is 2.24. The molecule has 0 bridgehead atoms. The van der Waals surface area contributed by atoms with Crippen molar-refractivity contribution in [1.82, 2.24) is 10.2 Å². The van der Waals surface area contributed by atoms with E-state index in [1.807, 2.05) is 6.92 Å². The maximum atomic E-state index is 11.5. The van der Waals surface area contributed by atoms with E-state index in [0.717, 1.165) is 39.1 Å². The maximum absolute atomic E-state index is 11.5. The van der Waals surface area contributed by atoms with Gasteiger partial charge in [-0.25, -0.2) is 4.79 Å². The average Bonchev–Trinajstić information content (AvgIpc) is 2.90. The minimum absolute atomic E-state index is 0.171. The summed E-state index contributed by atoms with van der Waals surface area (Å²) in [5.74, 6) is 0. The number of amides is 1. The highest BCUT2D eigenvalue weighted by molar-refractivity contribution is 5.67. The van der Waals surface area contributed by atoms with Crippen LogP contribution in [0.25, 0.3) is 0 Å². The van der Waals surface area contributed by atoms with Gasteiger partial charge in [-0.3, -0.25) is 0 Å². The van der Waals surface area contributed by atoms with E-state index in [2.05, 4.69) is 5.32 Å². The predicted molar refractivity (Wildman–Crippen MR) is 68.6 cm³/mol. The van der Waals surface area contributed by atoms with Gasteiger partial charge in [0.05, 0.1) is 12.7 Å². The minimum Gasteiger partial charge on any atom is -0.450 e. The van der Waals surface area contributed by atoms with E-state index in [0.29, 0.717) is 18.8 Å². The molecule has 2 rings (SSSR count). The molecule has 2 fully saturated rings. The fourth-order valence-electron chi connectivity index (χ4n) is 2.58. The number of carbonyl (C=O) groups is 1. The second-order valence-corrected chi connectivity index (χ2v) is 5.00. The molecule has 0 aliphatic carbocycles. The smallest absolute Gasteiger partial charge is 0.409 e. The lowest BCUT2D eigenvalue weighted by Crippen LogP contribution is -2.46. The molecule has 0 saturated carbocycles. The van der Waals surface area contributed by atoms with E-state index in [1.165, 1.54) is 12.8 Å². The van der Waals surface area contributed by atoms with Crippen LogP contribution in [0.3, 0.4) is 0 Å². The normalized spacial score (nSPS) is 25.4. The Morgan fingerprint density at radius 1 is 1.39 bits per heavy atom. The van der Waals surface area contributed by atoms with Crippen LogP contribution in [0.4, 0.5) is 4.79 Å². The second-order valence-electron chi connectivity index (χ2n) is 5.00. The van der Waals surface area contributed by atoms with Crippen molar-refractivity contribution in [3.63, 3.8) is 0 Å². The molecule has 0 unspecified atom stereocenters. The molecule has 1 N–H and O–H groups in total. The summed E-state index contributed by atoms with van der Waals surface area (Å²) in [4.78, 5) is 13.3. The monoisotopic (exact) mass is 256 g/mol. The molecule has 2 aliphatic heterocycles. The Morgan fingerprint density at radius 3 is 2.78 bits per heavy atom. The summed E-state index contributed by atoms with van der Waals surface area (Å²) < 4.78 is 10.6. The first-order valence-electron chi connectivity index (χ1n) is 7.06. The Bertz CT molecular complexity index is 259. The highest BCUT2D eigenvalue weighted by Crippen LogP contribution is 2.14. The van der Waals surface area contributed by atoms with Crippen LogP contribution in [0.15, 0.2) is 0 Å². The zero-order valence-corrected chi connectivity index (χ0v) is 11.2. The molecule has 2 saturated heterocycles. The topological polar surface area (TPSA) is 50.8 Å². The van der Waals surface area contributed by atoms with Crippen molar-refractivity contribution in [1.29, 1.82) is 0 Å². The van der Waals surface area contributed by atoms with Gasteiger partial charge >= 0.3 is 6.09 Å². The molecule has 0 aromatic rings. The summed E-state index contributed by atoms with van der Waals surface area (Å²) >= 11 is 0. The SMILES string of the molecule is CCOC(=O)N1CCC(NC[C@H]2CCCO2)CC1. The van der Waals surface area contributed by atoms with Crippen molar-refractivity contribution < 1.29 is 14.3 Å². The third kappa shape index (κ3) is 3.85. The van der Waals surface area contributed by atoms with Gasteiger partial charge < -0.3 is 19.7 Å². The maximum Gasteiger partial charge on any atom is 0.409 e. The molecule has 2 aliphatic rings. The minimum atomic E-state index is -0.171. The standard InChI is InChI=1S/C13H24N2O3/c1-2-17-13(16)15-7-5-11(6-8-15)14-10-12-4-3-9-18-12/h11-12,14H,2-10H2,1H3/t12-/m1/s1. The third-order valence-electron chi connectivity index (χ3n) is 3.68. The highest BCUT2D eigenvalue weighted by atomic mass is 16.6. The van der Waals surface area contributed by atoms with Crippen molar-refractivity contribution in [2.45, 2.75) is 44.8 Å². The molecule has 2 heterocycles. The van der Waals surface area contributed by atoms with Crippen LogP contribution >= 0.6 is 0 Å². The number of hydrogen-bond acceptors (Lipinski definition) is 4. The Balaban J connectivity index is 1.62. The Hall–Kier alpha value is -0.810. The summed E-state index contributed by atoms with van der Waals surface area (Å²) in [6.07, 6.45) is 4.60. The Morgan fingerprint density at radius 2 is 2.17 bits per heavy atom. The van der Waals surface area contributed by atoms with Gasteiger partial charge in [-0.1, -0.05) is 0 Å². The molecule has 18 heavy (non-hydrogen) atoms. The van der Waals surface area contributed by atoms with Crippen molar-refractivity contribution in [2.24, 2.45) is 0 Å². The van der Waals surface area contributed by atoms with E-state index in [9.17, 15) is 4.79 Å². The summed E-state index contributed by atoms with van der Waals surface area (Å²) in [5.41, 5.74) is 0. The average molecular weight is 256 g/mol. The van der Waals surface area contributed by atoms with E-state index in [4.69, 9.17) is 9.47 Å². The van der Waals surface area contributed by atoms with Crippen LogP contribution in [0.1, 0.15) is 32.6 Å². The van der Waals surface area contributed by atoms with Gasteiger partial charge in [-0.05, 0) is 32.6 Å². The van der Waals surface area contributed by atoms with Gasteiger partial charge in [0.25, 0.3) is 0 Å². The summed E-state index contributed by atoms with van der Waals surface area (Å²) in [5, 5.41) is 3.55. The number of likely N-dealkylation sites (tertiary alicyclic amines) is 1. The first kappa shape index (κ1) is 13.6. The van der Waals surface area contributed by atoms with Crippen LogP contribution in [-0.4, -0.2) is 56.0 Å². The zero-order valence-electron chi connectivity index (χ0n) is 11.2. The fraction of sp³-hybridized carbons (Fsp3) is 0.923. The molecular weight excluding hydrogens is 232 g/mol. The molecule has 5 nitrogen and oxygen atoms in total. The van der Waals surface area contributed by atoms with E-state index < -0.39 is 0 Å².